The Kier molecular flexibility index (Phi) is 4.40. The van der Waals surface area contributed by atoms with Gasteiger partial charge in [0.2, 0.25) is 0 Å². The molecule has 2 aromatic rings. The lowest BCUT2D eigenvalue weighted by Crippen LogP contribution is -2.09. The van der Waals surface area contributed by atoms with Crippen molar-refractivity contribution in [1.29, 1.82) is 0 Å². The van der Waals surface area contributed by atoms with E-state index in [0.717, 1.165) is 15.0 Å². The van der Waals surface area contributed by atoms with Crippen LogP contribution in [0.3, 0.4) is 0 Å². The van der Waals surface area contributed by atoms with E-state index < -0.39 is 0 Å². The second kappa shape index (κ2) is 5.84. The van der Waals surface area contributed by atoms with Gasteiger partial charge in [0.1, 0.15) is 5.82 Å². The summed E-state index contributed by atoms with van der Waals surface area (Å²) < 4.78 is 13.9. The molecule has 0 saturated carbocycles. The van der Waals surface area contributed by atoms with Crippen molar-refractivity contribution in [3.8, 4) is 0 Å². The summed E-state index contributed by atoms with van der Waals surface area (Å²) in [5.74, 6) is -0.335. The third-order valence-electron chi connectivity index (χ3n) is 2.49. The Morgan fingerprint density at radius 3 is 2.78 bits per heavy atom. The zero-order valence-corrected chi connectivity index (χ0v) is 12.5. The van der Waals surface area contributed by atoms with Crippen LogP contribution < -0.4 is 5.32 Å². The molecule has 1 aromatic carbocycles. The van der Waals surface area contributed by atoms with Crippen LogP contribution in [0.1, 0.15) is 18.7 Å². The van der Waals surface area contributed by atoms with Crippen molar-refractivity contribution in [3.63, 3.8) is 0 Å². The SMILES string of the molecule is CC(Nc1cc(I)ccc1Cl)c1ccc(F)cn1. The monoisotopic (exact) mass is 376 g/mol. The highest BCUT2D eigenvalue weighted by Crippen LogP contribution is 2.27. The summed E-state index contributed by atoms with van der Waals surface area (Å²) in [4.78, 5) is 4.04. The molecule has 0 aliphatic heterocycles. The number of aromatic nitrogens is 1. The third kappa shape index (κ3) is 3.32. The maximum Gasteiger partial charge on any atom is 0.141 e. The van der Waals surface area contributed by atoms with E-state index in [2.05, 4.69) is 32.9 Å². The standard InChI is InChI=1S/C13H11ClFIN2/c1-8(12-5-2-9(15)7-17-12)18-13-6-10(16)3-4-11(13)14/h2-8,18H,1H3. The van der Waals surface area contributed by atoms with Gasteiger partial charge in [0.25, 0.3) is 0 Å². The molecule has 1 atom stereocenters. The van der Waals surface area contributed by atoms with Gasteiger partial charge in [-0.25, -0.2) is 4.39 Å². The topological polar surface area (TPSA) is 24.9 Å². The van der Waals surface area contributed by atoms with Gasteiger partial charge in [-0.2, -0.15) is 0 Å². The molecule has 5 heteroatoms. The summed E-state index contributed by atoms with van der Waals surface area (Å²) in [6.45, 7) is 1.95. The second-order valence-electron chi connectivity index (χ2n) is 3.89. The molecule has 0 amide bonds. The van der Waals surface area contributed by atoms with Gasteiger partial charge in [-0.3, -0.25) is 4.98 Å². The fourth-order valence-electron chi connectivity index (χ4n) is 1.56. The van der Waals surface area contributed by atoms with E-state index in [0.29, 0.717) is 5.02 Å². The zero-order valence-electron chi connectivity index (χ0n) is 9.62. The van der Waals surface area contributed by atoms with Crippen molar-refractivity contribution in [2.75, 3.05) is 5.32 Å². The van der Waals surface area contributed by atoms with Crippen LogP contribution in [0.25, 0.3) is 0 Å². The minimum Gasteiger partial charge on any atom is -0.376 e. The van der Waals surface area contributed by atoms with Crippen LogP contribution in [-0.2, 0) is 0 Å². The van der Waals surface area contributed by atoms with E-state index >= 15 is 0 Å². The van der Waals surface area contributed by atoms with E-state index in [1.807, 2.05) is 25.1 Å². The number of pyridine rings is 1. The van der Waals surface area contributed by atoms with Gasteiger partial charge >= 0.3 is 0 Å². The lowest BCUT2D eigenvalue weighted by atomic mass is 10.2. The normalized spacial score (nSPS) is 12.2. The van der Waals surface area contributed by atoms with Gasteiger partial charge in [-0.1, -0.05) is 11.6 Å². The maximum absolute atomic E-state index is 12.8. The molecular formula is C13H11ClFIN2. The highest BCUT2D eigenvalue weighted by Gasteiger charge is 2.09. The number of anilines is 1. The first kappa shape index (κ1) is 13.5. The molecule has 94 valence electrons. The minimum absolute atomic E-state index is 0.0405. The number of hydrogen-bond donors (Lipinski definition) is 1. The predicted octanol–water partition coefficient (Wildman–Crippen LogP) is 4.65. The van der Waals surface area contributed by atoms with Crippen LogP contribution in [0, 0.1) is 9.39 Å². The van der Waals surface area contributed by atoms with Crippen LogP contribution in [0.2, 0.25) is 5.02 Å². The highest BCUT2D eigenvalue weighted by atomic mass is 127. The number of nitrogens with one attached hydrogen (secondary N) is 1. The molecule has 0 fully saturated rings. The smallest absolute Gasteiger partial charge is 0.141 e. The number of rotatable bonds is 3. The molecule has 1 N–H and O–H groups in total. The fourth-order valence-corrected chi connectivity index (χ4v) is 2.22. The summed E-state index contributed by atoms with van der Waals surface area (Å²) in [6.07, 6.45) is 1.21. The number of nitrogens with zero attached hydrogens (tertiary/aromatic N) is 1. The number of benzene rings is 1. The van der Waals surface area contributed by atoms with Gasteiger partial charge < -0.3 is 5.32 Å². The van der Waals surface area contributed by atoms with Crippen LogP contribution >= 0.6 is 34.2 Å². The average Bonchev–Trinajstić information content (AvgIpc) is 2.34. The molecule has 2 nitrogen and oxygen atoms in total. The number of hydrogen-bond acceptors (Lipinski definition) is 2. The molecule has 0 aliphatic rings. The van der Waals surface area contributed by atoms with Crippen molar-refractivity contribution in [2.24, 2.45) is 0 Å². The Morgan fingerprint density at radius 2 is 2.11 bits per heavy atom. The summed E-state index contributed by atoms with van der Waals surface area (Å²) in [6, 6.07) is 8.77. The first-order valence-electron chi connectivity index (χ1n) is 5.39. The minimum atomic E-state index is -0.335. The summed E-state index contributed by atoms with van der Waals surface area (Å²) in [5.41, 5.74) is 1.62. The third-order valence-corrected chi connectivity index (χ3v) is 3.49. The highest BCUT2D eigenvalue weighted by molar-refractivity contribution is 14.1. The quantitative estimate of drug-likeness (QED) is 0.789. The van der Waals surface area contributed by atoms with E-state index in [9.17, 15) is 4.39 Å². The molecule has 0 saturated heterocycles. The molecule has 1 heterocycles. The molecule has 0 radical (unpaired) electrons. The number of halogens is 3. The Balaban J connectivity index is 2.18. The molecule has 0 bridgehead atoms. The molecular weight excluding hydrogens is 366 g/mol. The van der Waals surface area contributed by atoms with Gasteiger partial charge in [0.15, 0.2) is 0 Å². The second-order valence-corrected chi connectivity index (χ2v) is 5.54. The Labute approximate surface area is 124 Å². The van der Waals surface area contributed by atoms with Crippen molar-refractivity contribution >= 4 is 39.9 Å². The van der Waals surface area contributed by atoms with Crippen molar-refractivity contribution in [3.05, 3.63) is 56.6 Å². The van der Waals surface area contributed by atoms with E-state index in [1.165, 1.54) is 12.3 Å². The predicted molar refractivity (Wildman–Crippen MR) is 80.4 cm³/mol. The van der Waals surface area contributed by atoms with E-state index in [4.69, 9.17) is 11.6 Å². The largest absolute Gasteiger partial charge is 0.376 e. The first-order valence-corrected chi connectivity index (χ1v) is 6.85. The lowest BCUT2D eigenvalue weighted by molar-refractivity contribution is 0.617. The molecule has 0 aliphatic carbocycles. The maximum atomic E-state index is 12.8. The van der Waals surface area contributed by atoms with Gasteiger partial charge in [0, 0.05) is 3.57 Å². The van der Waals surface area contributed by atoms with Crippen LogP contribution in [-0.4, -0.2) is 4.98 Å². The lowest BCUT2D eigenvalue weighted by Gasteiger charge is -2.16. The van der Waals surface area contributed by atoms with Gasteiger partial charge in [0.05, 0.1) is 28.6 Å². The Hall–Kier alpha value is -0.880. The zero-order chi connectivity index (χ0) is 13.1. The summed E-state index contributed by atoms with van der Waals surface area (Å²) >= 11 is 8.33. The first-order chi connectivity index (χ1) is 8.56. The fraction of sp³-hybridized carbons (Fsp3) is 0.154. The molecule has 1 unspecified atom stereocenters. The summed E-state index contributed by atoms with van der Waals surface area (Å²) in [7, 11) is 0. The van der Waals surface area contributed by atoms with Crippen molar-refractivity contribution in [1.82, 2.24) is 4.98 Å². The molecule has 18 heavy (non-hydrogen) atoms. The van der Waals surface area contributed by atoms with Gasteiger partial charge in [-0.15, -0.1) is 0 Å². The summed E-state index contributed by atoms with van der Waals surface area (Å²) in [5, 5.41) is 3.92. The molecule has 1 aromatic heterocycles. The average molecular weight is 377 g/mol. The van der Waals surface area contributed by atoms with Crippen LogP contribution in [0.5, 0.6) is 0 Å². The van der Waals surface area contributed by atoms with Gasteiger partial charge in [-0.05, 0) is 59.8 Å². The molecule has 0 spiro atoms. The van der Waals surface area contributed by atoms with Crippen molar-refractivity contribution < 1.29 is 4.39 Å². The van der Waals surface area contributed by atoms with Crippen LogP contribution in [0.4, 0.5) is 10.1 Å². The van der Waals surface area contributed by atoms with E-state index in [-0.39, 0.29) is 11.9 Å². The molecule has 2 rings (SSSR count). The van der Waals surface area contributed by atoms with E-state index in [1.54, 1.807) is 6.07 Å². The Morgan fingerprint density at radius 1 is 1.33 bits per heavy atom. The van der Waals surface area contributed by atoms with Crippen molar-refractivity contribution in [2.45, 2.75) is 13.0 Å². The Bertz CT molecular complexity index is 545. The van der Waals surface area contributed by atoms with Crippen LogP contribution in [0.15, 0.2) is 36.5 Å².